The molecule has 2 aromatic rings. The molecule has 0 radical (unpaired) electrons. The summed E-state index contributed by atoms with van der Waals surface area (Å²) >= 11 is 0. The van der Waals surface area contributed by atoms with Crippen LogP contribution in [0.1, 0.15) is 77.5 Å². The Morgan fingerprint density at radius 3 is 2.44 bits per heavy atom. The van der Waals surface area contributed by atoms with E-state index in [1.807, 2.05) is 4.90 Å². The maximum absolute atomic E-state index is 12.9. The van der Waals surface area contributed by atoms with Crippen LogP contribution < -0.4 is 15.5 Å². The number of carbonyl (C=O) groups is 2. The van der Waals surface area contributed by atoms with E-state index in [-0.39, 0.29) is 29.7 Å². The highest BCUT2D eigenvalue weighted by Crippen LogP contribution is 2.37. The van der Waals surface area contributed by atoms with Gasteiger partial charge in [0.05, 0.1) is 0 Å². The number of anilines is 2. The van der Waals surface area contributed by atoms with Crippen molar-refractivity contribution >= 4 is 40.8 Å². The van der Waals surface area contributed by atoms with Crippen LogP contribution in [-0.2, 0) is 11.3 Å². The number of carboxylic acid groups (broad SMARTS) is 1. The van der Waals surface area contributed by atoms with Crippen LogP contribution in [0.4, 0.5) is 16.6 Å². The summed E-state index contributed by atoms with van der Waals surface area (Å²) < 4.78 is 2.24. The van der Waals surface area contributed by atoms with Gasteiger partial charge in [0.15, 0.2) is 23.1 Å². The lowest BCUT2D eigenvalue weighted by Crippen LogP contribution is -2.54. The Kier molecular flexibility index (Phi) is 8.16. The summed E-state index contributed by atoms with van der Waals surface area (Å²) in [4.78, 5) is 42.9. The van der Waals surface area contributed by atoms with Crippen molar-refractivity contribution in [1.82, 2.24) is 29.7 Å². The quantitative estimate of drug-likeness (QED) is 0.206. The third kappa shape index (κ3) is 6.12. The van der Waals surface area contributed by atoms with Crippen LogP contribution in [0.25, 0.3) is 11.2 Å². The van der Waals surface area contributed by atoms with Gasteiger partial charge in [-0.25, -0.2) is 14.8 Å². The average Bonchev–Trinajstić information content (AvgIpc) is 3.74. The lowest BCUT2D eigenvalue weighted by molar-refractivity contribution is -0.133. The van der Waals surface area contributed by atoms with Gasteiger partial charge in [-0.1, -0.05) is 6.42 Å². The number of piperazine rings is 1. The number of hydrogen-bond acceptors (Lipinski definition) is 8. The number of hydrogen-bond donors (Lipinski definition) is 4. The first kappa shape index (κ1) is 29.2. The van der Waals surface area contributed by atoms with Crippen LogP contribution in [0.15, 0.2) is 0 Å². The van der Waals surface area contributed by atoms with Crippen LogP contribution in [0.3, 0.4) is 0 Å². The van der Waals surface area contributed by atoms with Crippen LogP contribution in [0.2, 0.25) is 0 Å². The number of terminal acetylenes is 1. The summed E-state index contributed by atoms with van der Waals surface area (Å²) in [5, 5.41) is 23.3. The zero-order valence-corrected chi connectivity index (χ0v) is 25.2. The zero-order valence-electron chi connectivity index (χ0n) is 25.2. The topological polar surface area (TPSA) is 152 Å². The van der Waals surface area contributed by atoms with Gasteiger partial charge in [-0.3, -0.25) is 15.5 Å². The van der Waals surface area contributed by atoms with E-state index in [0.717, 1.165) is 69.4 Å². The smallest absolute Gasteiger partial charge is 0.410 e. The molecule has 4 fully saturated rings. The summed E-state index contributed by atoms with van der Waals surface area (Å²) in [6.07, 6.45) is 14.0. The zero-order chi connectivity index (χ0) is 30.2. The van der Waals surface area contributed by atoms with Crippen molar-refractivity contribution in [2.24, 2.45) is 23.7 Å². The molecule has 230 valence electrons. The monoisotopic (exact) mass is 589 g/mol. The summed E-state index contributed by atoms with van der Waals surface area (Å²) in [5.74, 6) is 5.60. The van der Waals surface area contributed by atoms with Crippen molar-refractivity contribution in [2.45, 2.75) is 90.3 Å². The molecule has 6 rings (SSSR count). The van der Waals surface area contributed by atoms with Crippen LogP contribution in [0, 0.1) is 41.4 Å². The Balaban J connectivity index is 1.40. The standard InChI is InChI=1S/C31H43N9O3/c1-4-20-8-10-21(11-9-20)17-40-24-26(33-19(3)22-6-5-7-22)35-28(25(32)34-31(42)43)36-27(24)37-30(40)39-15-14-38(16-18(39)2)29(41)23-12-13-23/h1,18-23H,5-17H2,2-3H3,(H2,32,34)(H,42,43)(H,33,35,36)/t18-,19-,20-,21-/m1/s1. The molecule has 3 aliphatic carbocycles. The van der Waals surface area contributed by atoms with Gasteiger partial charge >= 0.3 is 6.09 Å². The fraction of sp³-hybridized carbons (Fsp3) is 0.677. The molecule has 4 aliphatic rings. The van der Waals surface area contributed by atoms with Gasteiger partial charge < -0.3 is 24.8 Å². The summed E-state index contributed by atoms with van der Waals surface area (Å²) in [6, 6.07) is 0.198. The molecule has 2 aromatic heterocycles. The number of nitrogens with one attached hydrogen (secondary N) is 3. The second-order valence-electron chi connectivity index (χ2n) is 13.0. The molecular formula is C31H43N9O3. The van der Waals surface area contributed by atoms with E-state index < -0.39 is 11.9 Å². The van der Waals surface area contributed by atoms with Crippen LogP contribution >= 0.6 is 0 Å². The van der Waals surface area contributed by atoms with Gasteiger partial charge in [-0.2, -0.15) is 4.98 Å². The first-order valence-electron chi connectivity index (χ1n) is 15.9. The number of rotatable bonds is 8. The fourth-order valence-electron chi connectivity index (χ4n) is 6.88. The second kappa shape index (κ2) is 12.0. The van der Waals surface area contributed by atoms with Crippen molar-refractivity contribution in [3.63, 3.8) is 0 Å². The average molecular weight is 590 g/mol. The maximum atomic E-state index is 12.9. The van der Waals surface area contributed by atoms with Crippen LogP contribution in [-0.4, -0.2) is 79.1 Å². The lowest BCUT2D eigenvalue weighted by Gasteiger charge is -2.41. The first-order chi connectivity index (χ1) is 20.7. The van der Waals surface area contributed by atoms with E-state index in [9.17, 15) is 14.7 Å². The predicted octanol–water partition coefficient (Wildman–Crippen LogP) is 3.91. The third-order valence-corrected chi connectivity index (χ3v) is 9.91. The molecule has 1 saturated heterocycles. The highest BCUT2D eigenvalue weighted by atomic mass is 16.4. The highest BCUT2D eigenvalue weighted by Gasteiger charge is 2.38. The molecule has 3 saturated carbocycles. The molecule has 1 aliphatic heterocycles. The molecule has 12 heteroatoms. The number of carbonyl (C=O) groups excluding carboxylic acids is 1. The number of fused-ring (bicyclic) bond motifs is 1. The largest absolute Gasteiger partial charge is 0.465 e. The summed E-state index contributed by atoms with van der Waals surface area (Å²) in [7, 11) is 0. The molecule has 43 heavy (non-hydrogen) atoms. The Morgan fingerprint density at radius 1 is 1.09 bits per heavy atom. The normalized spacial score (nSPS) is 25.1. The van der Waals surface area contributed by atoms with Gasteiger partial charge in [-0.15, -0.1) is 12.3 Å². The number of aromatic nitrogens is 4. The van der Waals surface area contributed by atoms with E-state index in [2.05, 4.69) is 44.9 Å². The molecule has 3 heterocycles. The van der Waals surface area contributed by atoms with E-state index >= 15 is 0 Å². The van der Waals surface area contributed by atoms with Gasteiger partial charge in [0.2, 0.25) is 11.9 Å². The molecule has 12 nitrogen and oxygen atoms in total. The molecule has 0 aromatic carbocycles. The van der Waals surface area contributed by atoms with E-state index in [1.54, 1.807) is 0 Å². The van der Waals surface area contributed by atoms with Gasteiger partial charge in [-0.05, 0) is 77.0 Å². The minimum absolute atomic E-state index is 0.0168. The van der Waals surface area contributed by atoms with Crippen molar-refractivity contribution in [2.75, 3.05) is 29.9 Å². The van der Waals surface area contributed by atoms with Gasteiger partial charge in [0, 0.05) is 50.1 Å². The Labute approximate surface area is 252 Å². The van der Waals surface area contributed by atoms with Crippen molar-refractivity contribution in [3.05, 3.63) is 5.82 Å². The second-order valence-corrected chi connectivity index (χ2v) is 13.0. The fourth-order valence-corrected chi connectivity index (χ4v) is 6.88. The molecule has 0 unspecified atom stereocenters. The molecule has 2 amide bonds. The Morgan fingerprint density at radius 2 is 1.84 bits per heavy atom. The minimum Gasteiger partial charge on any atom is -0.465 e. The van der Waals surface area contributed by atoms with Crippen LogP contribution in [0.5, 0.6) is 0 Å². The molecule has 2 atom stereocenters. The highest BCUT2D eigenvalue weighted by molar-refractivity contribution is 6.03. The van der Waals surface area contributed by atoms with Crippen molar-refractivity contribution in [1.29, 1.82) is 5.41 Å². The maximum Gasteiger partial charge on any atom is 0.410 e. The molecule has 4 N–H and O–H groups in total. The molecule has 0 bridgehead atoms. The Bertz CT molecular complexity index is 1430. The van der Waals surface area contributed by atoms with E-state index in [0.29, 0.717) is 48.9 Å². The lowest BCUT2D eigenvalue weighted by atomic mass is 9.80. The molecular weight excluding hydrogens is 546 g/mol. The van der Waals surface area contributed by atoms with Gasteiger partial charge in [0.25, 0.3) is 0 Å². The van der Waals surface area contributed by atoms with E-state index in [4.69, 9.17) is 21.8 Å². The SMILES string of the molecule is C#C[C@H]1CC[C@H](Cn2c(N3CCN(C(=O)C4CC4)C[C@H]3C)nc3nc(C(=N)NC(=O)O)nc(N[C@H](C)C4CCC4)c32)CC1. The molecule has 0 spiro atoms. The third-order valence-electron chi connectivity index (χ3n) is 9.91. The first-order valence-corrected chi connectivity index (χ1v) is 15.9. The van der Waals surface area contributed by atoms with E-state index in [1.165, 1.54) is 6.42 Å². The summed E-state index contributed by atoms with van der Waals surface area (Å²) in [5.41, 5.74) is 1.21. The number of nitrogens with zero attached hydrogens (tertiary/aromatic N) is 6. The number of imidazole rings is 1. The summed E-state index contributed by atoms with van der Waals surface area (Å²) in [6.45, 7) is 6.96. The number of amidine groups is 1. The van der Waals surface area contributed by atoms with Crippen molar-refractivity contribution < 1.29 is 14.7 Å². The minimum atomic E-state index is -1.34. The van der Waals surface area contributed by atoms with Crippen molar-refractivity contribution in [3.8, 4) is 12.3 Å². The Hall–Kier alpha value is -3.88. The van der Waals surface area contributed by atoms with Gasteiger partial charge in [0.1, 0.15) is 5.52 Å². The number of amides is 2. The predicted molar refractivity (Wildman–Crippen MR) is 164 cm³/mol.